The third-order valence-electron chi connectivity index (χ3n) is 3.55. The van der Waals surface area contributed by atoms with Gasteiger partial charge in [-0.1, -0.05) is 41.4 Å². The normalized spacial score (nSPS) is 11.1. The molecule has 1 aromatic carbocycles. The molecular weight excluding hydrogens is 352 g/mol. The van der Waals surface area contributed by atoms with Gasteiger partial charge in [0, 0.05) is 21.3 Å². The molecule has 0 amide bonds. The Balaban J connectivity index is 2.15. The molecule has 0 spiro atoms. The van der Waals surface area contributed by atoms with E-state index in [1.807, 2.05) is 16.9 Å². The van der Waals surface area contributed by atoms with Crippen LogP contribution in [0.5, 0.6) is 0 Å². The fourth-order valence-corrected chi connectivity index (χ4v) is 2.95. The van der Waals surface area contributed by atoms with E-state index in [-0.39, 0.29) is 12.2 Å². The van der Waals surface area contributed by atoms with Crippen LogP contribution in [0.1, 0.15) is 48.8 Å². The van der Waals surface area contributed by atoms with E-state index in [0.29, 0.717) is 16.6 Å². The molecule has 2 aromatic rings. The summed E-state index contributed by atoms with van der Waals surface area (Å²) in [6, 6.07) is 7.54. The van der Waals surface area contributed by atoms with Gasteiger partial charge in [-0.3, -0.25) is 9.48 Å². The molecule has 0 bridgehead atoms. The minimum absolute atomic E-state index is 0.0131. The summed E-state index contributed by atoms with van der Waals surface area (Å²) in [7, 11) is 0. The number of aromatic nitrogens is 2. The van der Waals surface area contributed by atoms with E-state index in [1.54, 1.807) is 18.2 Å². The Morgan fingerprint density at radius 2 is 2.05 bits per heavy atom. The smallest absolute Gasteiger partial charge is 0.170 e. The molecule has 0 aliphatic carbocycles. The molecular formula is C16H18BrClN2O. The molecule has 0 aliphatic heterocycles. The first-order valence-electron chi connectivity index (χ1n) is 7.07. The van der Waals surface area contributed by atoms with Crippen LogP contribution in [-0.2, 0) is 6.42 Å². The van der Waals surface area contributed by atoms with Gasteiger partial charge in [0.1, 0.15) is 0 Å². The molecule has 3 nitrogen and oxygen atoms in total. The first-order valence-corrected chi connectivity index (χ1v) is 8.24. The molecule has 0 N–H and O–H groups in total. The second kappa shape index (κ2) is 7.23. The lowest BCUT2D eigenvalue weighted by atomic mass is 10.1. The van der Waals surface area contributed by atoms with Gasteiger partial charge in [0.25, 0.3) is 0 Å². The lowest BCUT2D eigenvalue weighted by molar-refractivity contribution is 0.0991. The van der Waals surface area contributed by atoms with Gasteiger partial charge >= 0.3 is 0 Å². The zero-order valence-corrected chi connectivity index (χ0v) is 14.5. The highest BCUT2D eigenvalue weighted by atomic mass is 79.9. The fraction of sp³-hybridized carbons (Fsp3) is 0.375. The number of carbonyl (C=O) groups excluding carboxylic acids is 1. The molecule has 5 heteroatoms. The topological polar surface area (TPSA) is 34.9 Å². The third kappa shape index (κ3) is 3.95. The van der Waals surface area contributed by atoms with E-state index in [4.69, 9.17) is 11.6 Å². The number of nitrogens with zero attached hydrogens (tertiary/aromatic N) is 2. The van der Waals surface area contributed by atoms with E-state index in [0.717, 1.165) is 23.0 Å². The number of benzene rings is 1. The Labute approximate surface area is 138 Å². The van der Waals surface area contributed by atoms with Crippen molar-refractivity contribution >= 4 is 33.3 Å². The van der Waals surface area contributed by atoms with Gasteiger partial charge in [0.15, 0.2) is 5.78 Å². The number of halogens is 2. The summed E-state index contributed by atoms with van der Waals surface area (Å²) < 4.78 is 2.71. The molecule has 0 radical (unpaired) electrons. The summed E-state index contributed by atoms with van der Waals surface area (Å²) in [4.78, 5) is 12.4. The molecule has 0 saturated carbocycles. The average molecular weight is 370 g/mol. The quantitative estimate of drug-likeness (QED) is 0.665. The highest BCUT2D eigenvalue weighted by Crippen LogP contribution is 2.23. The molecule has 21 heavy (non-hydrogen) atoms. The van der Waals surface area contributed by atoms with Gasteiger partial charge in [-0.05, 0) is 37.1 Å². The van der Waals surface area contributed by atoms with E-state index < -0.39 is 0 Å². The van der Waals surface area contributed by atoms with Crippen LogP contribution in [0.3, 0.4) is 0 Å². The van der Waals surface area contributed by atoms with Gasteiger partial charge in [-0.15, -0.1) is 0 Å². The van der Waals surface area contributed by atoms with Crippen LogP contribution in [0.2, 0.25) is 5.02 Å². The van der Waals surface area contributed by atoms with E-state index in [9.17, 15) is 4.79 Å². The van der Waals surface area contributed by atoms with Crippen LogP contribution in [0.25, 0.3) is 0 Å². The predicted molar refractivity (Wildman–Crippen MR) is 89.0 cm³/mol. The van der Waals surface area contributed by atoms with Gasteiger partial charge in [-0.2, -0.15) is 5.10 Å². The maximum Gasteiger partial charge on any atom is 0.170 e. The molecule has 1 heterocycles. The zero-order valence-electron chi connectivity index (χ0n) is 12.1. The minimum atomic E-state index is 0.0131. The summed E-state index contributed by atoms with van der Waals surface area (Å²) in [5.74, 6) is 0.0131. The van der Waals surface area contributed by atoms with E-state index in [1.165, 1.54) is 0 Å². The van der Waals surface area contributed by atoms with Gasteiger partial charge in [-0.25, -0.2) is 0 Å². The largest absolute Gasteiger partial charge is 0.294 e. The summed E-state index contributed by atoms with van der Waals surface area (Å²) in [5.41, 5.74) is 1.39. The second-order valence-electron chi connectivity index (χ2n) is 4.98. The minimum Gasteiger partial charge on any atom is -0.294 e. The average Bonchev–Trinajstić information content (AvgIpc) is 2.91. The maximum atomic E-state index is 12.4. The number of ketones is 1. The number of hydrogen-bond acceptors (Lipinski definition) is 2. The van der Waals surface area contributed by atoms with Crippen molar-refractivity contribution in [2.45, 2.75) is 39.2 Å². The standard InChI is InChI=1S/C16H18BrClN2O/c1-3-13(4-2)20-8-7-12(19-20)10-16(21)14-9-11(18)5-6-15(14)17/h5-9,13H,3-4,10H2,1-2H3. The first-order chi connectivity index (χ1) is 10.0. The molecule has 0 saturated heterocycles. The Hall–Kier alpha value is -1.13. The number of hydrogen-bond donors (Lipinski definition) is 0. The molecule has 2 rings (SSSR count). The van der Waals surface area contributed by atoms with Gasteiger partial charge in [0.2, 0.25) is 0 Å². The van der Waals surface area contributed by atoms with Crippen LogP contribution < -0.4 is 0 Å². The fourth-order valence-electron chi connectivity index (χ4n) is 2.31. The molecule has 0 unspecified atom stereocenters. The number of rotatable bonds is 6. The van der Waals surface area contributed by atoms with Crippen molar-refractivity contribution in [1.29, 1.82) is 0 Å². The first kappa shape index (κ1) is 16.2. The lowest BCUT2D eigenvalue weighted by Crippen LogP contribution is -2.10. The monoisotopic (exact) mass is 368 g/mol. The Morgan fingerprint density at radius 3 is 2.71 bits per heavy atom. The molecule has 112 valence electrons. The van der Waals surface area contributed by atoms with E-state index >= 15 is 0 Å². The van der Waals surface area contributed by atoms with Crippen molar-refractivity contribution in [3.05, 3.63) is 51.2 Å². The summed E-state index contributed by atoms with van der Waals surface area (Å²) in [6.45, 7) is 4.29. The highest BCUT2D eigenvalue weighted by molar-refractivity contribution is 9.10. The van der Waals surface area contributed by atoms with Crippen LogP contribution in [-0.4, -0.2) is 15.6 Å². The molecule has 1 aromatic heterocycles. The van der Waals surface area contributed by atoms with Gasteiger partial charge in [0.05, 0.1) is 18.2 Å². The SMILES string of the molecule is CCC(CC)n1ccc(CC(=O)c2cc(Cl)ccc2Br)n1. The van der Waals surface area contributed by atoms with Crippen molar-refractivity contribution in [3.8, 4) is 0 Å². The Kier molecular flexibility index (Phi) is 5.59. The van der Waals surface area contributed by atoms with Crippen LogP contribution >= 0.6 is 27.5 Å². The molecule has 0 aliphatic rings. The van der Waals surface area contributed by atoms with Crippen LogP contribution in [0.15, 0.2) is 34.9 Å². The summed E-state index contributed by atoms with van der Waals surface area (Å²) in [6.07, 6.45) is 4.30. The molecule has 0 atom stereocenters. The second-order valence-corrected chi connectivity index (χ2v) is 6.27. The Morgan fingerprint density at radius 1 is 1.33 bits per heavy atom. The third-order valence-corrected chi connectivity index (χ3v) is 4.48. The van der Waals surface area contributed by atoms with Crippen molar-refractivity contribution < 1.29 is 4.79 Å². The number of carbonyl (C=O) groups is 1. The highest BCUT2D eigenvalue weighted by Gasteiger charge is 2.14. The summed E-state index contributed by atoms with van der Waals surface area (Å²) >= 11 is 9.34. The van der Waals surface area contributed by atoms with Crippen LogP contribution in [0, 0.1) is 0 Å². The summed E-state index contributed by atoms with van der Waals surface area (Å²) in [5, 5.41) is 5.08. The number of Topliss-reactive ketones (excluding diaryl/α,β-unsaturated/α-hetero) is 1. The van der Waals surface area contributed by atoms with Crippen molar-refractivity contribution in [3.63, 3.8) is 0 Å². The van der Waals surface area contributed by atoms with Crippen molar-refractivity contribution in [1.82, 2.24) is 9.78 Å². The van der Waals surface area contributed by atoms with Crippen molar-refractivity contribution in [2.24, 2.45) is 0 Å². The maximum absolute atomic E-state index is 12.4. The zero-order chi connectivity index (χ0) is 15.4. The predicted octanol–water partition coefficient (Wildman–Crippen LogP) is 5.09. The van der Waals surface area contributed by atoms with E-state index in [2.05, 4.69) is 34.9 Å². The molecule has 0 fully saturated rings. The van der Waals surface area contributed by atoms with Gasteiger partial charge < -0.3 is 0 Å². The Bertz CT molecular complexity index is 635. The van der Waals surface area contributed by atoms with Crippen LogP contribution in [0.4, 0.5) is 0 Å². The lowest BCUT2D eigenvalue weighted by Gasteiger charge is -2.12. The van der Waals surface area contributed by atoms with Crippen molar-refractivity contribution in [2.75, 3.05) is 0 Å².